The topological polar surface area (TPSA) is 105 Å². The molecule has 1 aromatic rings. The van der Waals surface area contributed by atoms with Gasteiger partial charge in [0.2, 0.25) is 17.7 Å². The van der Waals surface area contributed by atoms with E-state index in [9.17, 15) is 14.4 Å². The molecule has 1 aliphatic heterocycles. The van der Waals surface area contributed by atoms with Crippen LogP contribution in [0.1, 0.15) is 31.5 Å². The Labute approximate surface area is 115 Å². The second kappa shape index (κ2) is 5.81. The lowest BCUT2D eigenvalue weighted by Gasteiger charge is -2.29. The van der Waals surface area contributed by atoms with E-state index < -0.39 is 23.8 Å². The molecule has 8 nitrogen and oxygen atoms in total. The highest BCUT2D eigenvalue weighted by Crippen LogP contribution is 2.16. The molecular weight excluding hydrogens is 264 g/mol. The molecule has 2 rings (SSSR count). The van der Waals surface area contributed by atoms with Gasteiger partial charge in [-0.3, -0.25) is 19.8 Å². The highest BCUT2D eigenvalue weighted by atomic mass is 16.5. The van der Waals surface area contributed by atoms with Crippen molar-refractivity contribution in [1.82, 2.24) is 20.4 Å². The molecule has 0 radical (unpaired) electrons. The summed E-state index contributed by atoms with van der Waals surface area (Å²) in [5.41, 5.74) is 0. The second-order valence-electron chi connectivity index (χ2n) is 4.61. The van der Waals surface area contributed by atoms with E-state index in [0.717, 1.165) is 4.90 Å². The summed E-state index contributed by atoms with van der Waals surface area (Å²) in [6, 6.07) is -0.691. The predicted molar refractivity (Wildman–Crippen MR) is 66.4 cm³/mol. The fourth-order valence-electron chi connectivity index (χ4n) is 2.06. The molecule has 108 valence electrons. The van der Waals surface area contributed by atoms with E-state index in [1.165, 1.54) is 0 Å². The van der Waals surface area contributed by atoms with E-state index in [1.807, 2.05) is 6.92 Å². The summed E-state index contributed by atoms with van der Waals surface area (Å²) in [5, 5.41) is 5.83. The Balaban J connectivity index is 2.03. The van der Waals surface area contributed by atoms with E-state index in [0.29, 0.717) is 24.6 Å². The van der Waals surface area contributed by atoms with Crippen molar-refractivity contribution in [2.45, 2.75) is 33.1 Å². The Morgan fingerprint density at radius 1 is 1.35 bits per heavy atom. The Hall–Kier alpha value is -2.25. The molecule has 1 unspecified atom stereocenters. The van der Waals surface area contributed by atoms with Crippen molar-refractivity contribution in [2.75, 3.05) is 6.54 Å². The Morgan fingerprint density at radius 3 is 2.70 bits per heavy atom. The zero-order chi connectivity index (χ0) is 14.7. The van der Waals surface area contributed by atoms with E-state index in [-0.39, 0.29) is 13.0 Å². The minimum Gasteiger partial charge on any atom is -0.339 e. The van der Waals surface area contributed by atoms with E-state index in [4.69, 9.17) is 4.52 Å². The molecule has 1 atom stereocenters. The molecule has 0 aliphatic carbocycles. The highest BCUT2D eigenvalue weighted by Gasteiger charge is 2.39. The molecule has 0 saturated carbocycles. The van der Waals surface area contributed by atoms with Crippen LogP contribution in [-0.2, 0) is 16.0 Å². The highest BCUT2D eigenvalue weighted by molar-refractivity contribution is 6.16. The van der Waals surface area contributed by atoms with Crippen LogP contribution in [0.4, 0.5) is 4.79 Å². The standard InChI is InChI=1S/C12H16N4O4/c1-3-4-8-10(17)14-12(19)16(11(8)18)6-5-9-13-7(2)15-20-9/h8H,3-6H2,1-2H3,(H,14,17,19). The fourth-order valence-corrected chi connectivity index (χ4v) is 2.06. The average molecular weight is 280 g/mol. The van der Waals surface area contributed by atoms with Crippen LogP contribution in [0.25, 0.3) is 0 Å². The summed E-state index contributed by atoms with van der Waals surface area (Å²) >= 11 is 0. The number of carbonyl (C=O) groups is 3. The third kappa shape index (κ3) is 2.84. The number of aromatic nitrogens is 2. The molecule has 1 saturated heterocycles. The van der Waals surface area contributed by atoms with Gasteiger partial charge in [0.25, 0.3) is 0 Å². The Kier molecular flexibility index (Phi) is 4.11. The van der Waals surface area contributed by atoms with Gasteiger partial charge in [0, 0.05) is 13.0 Å². The smallest absolute Gasteiger partial charge is 0.330 e. The molecular formula is C12H16N4O4. The van der Waals surface area contributed by atoms with Gasteiger partial charge in [-0.15, -0.1) is 0 Å². The lowest BCUT2D eigenvalue weighted by Crippen LogP contribution is -2.58. The number of hydrogen-bond donors (Lipinski definition) is 1. The van der Waals surface area contributed by atoms with Crippen molar-refractivity contribution in [2.24, 2.45) is 5.92 Å². The summed E-state index contributed by atoms with van der Waals surface area (Å²) in [4.78, 5) is 40.5. The maximum absolute atomic E-state index is 12.1. The number of aryl methyl sites for hydroxylation is 1. The lowest BCUT2D eigenvalue weighted by atomic mass is 9.99. The monoisotopic (exact) mass is 280 g/mol. The summed E-state index contributed by atoms with van der Waals surface area (Å²) < 4.78 is 4.92. The number of amides is 4. The minimum absolute atomic E-state index is 0.111. The van der Waals surface area contributed by atoms with Gasteiger partial charge in [-0.2, -0.15) is 4.98 Å². The first-order chi connectivity index (χ1) is 9.52. The third-order valence-electron chi connectivity index (χ3n) is 3.05. The van der Waals surface area contributed by atoms with E-state index in [1.54, 1.807) is 6.92 Å². The number of barbiturate groups is 1. The lowest BCUT2D eigenvalue weighted by molar-refractivity contribution is -0.142. The molecule has 4 amide bonds. The van der Waals surface area contributed by atoms with Crippen LogP contribution >= 0.6 is 0 Å². The number of rotatable bonds is 5. The first-order valence-corrected chi connectivity index (χ1v) is 6.48. The van der Waals surface area contributed by atoms with Crippen molar-refractivity contribution >= 4 is 17.8 Å². The largest absolute Gasteiger partial charge is 0.339 e. The molecule has 1 aromatic heterocycles. The molecule has 2 heterocycles. The SMILES string of the molecule is CCCC1C(=O)NC(=O)N(CCc2nc(C)no2)C1=O. The van der Waals surface area contributed by atoms with Gasteiger partial charge in [0.15, 0.2) is 5.82 Å². The maximum atomic E-state index is 12.1. The molecule has 8 heteroatoms. The van der Waals surface area contributed by atoms with Crippen LogP contribution in [0.2, 0.25) is 0 Å². The zero-order valence-corrected chi connectivity index (χ0v) is 11.4. The van der Waals surface area contributed by atoms with Gasteiger partial charge in [-0.1, -0.05) is 18.5 Å². The molecule has 1 aliphatic rings. The van der Waals surface area contributed by atoms with Crippen LogP contribution in [0.5, 0.6) is 0 Å². The number of urea groups is 1. The van der Waals surface area contributed by atoms with Crippen LogP contribution in [-0.4, -0.2) is 39.4 Å². The van der Waals surface area contributed by atoms with Crippen molar-refractivity contribution in [3.63, 3.8) is 0 Å². The van der Waals surface area contributed by atoms with Gasteiger partial charge in [-0.05, 0) is 13.3 Å². The number of nitrogens with one attached hydrogen (secondary N) is 1. The fraction of sp³-hybridized carbons (Fsp3) is 0.583. The van der Waals surface area contributed by atoms with Crippen LogP contribution in [0.3, 0.4) is 0 Å². The second-order valence-corrected chi connectivity index (χ2v) is 4.61. The summed E-state index contributed by atoms with van der Waals surface area (Å²) in [6.45, 7) is 3.67. The Morgan fingerprint density at radius 2 is 2.10 bits per heavy atom. The molecule has 1 N–H and O–H groups in total. The van der Waals surface area contributed by atoms with Gasteiger partial charge < -0.3 is 4.52 Å². The average Bonchev–Trinajstić information content (AvgIpc) is 2.80. The van der Waals surface area contributed by atoms with Crippen molar-refractivity contribution in [3.05, 3.63) is 11.7 Å². The molecule has 0 aromatic carbocycles. The van der Waals surface area contributed by atoms with Crippen LogP contribution < -0.4 is 5.32 Å². The molecule has 1 fully saturated rings. The third-order valence-corrected chi connectivity index (χ3v) is 3.05. The first kappa shape index (κ1) is 14.2. The van der Waals surface area contributed by atoms with Gasteiger partial charge in [-0.25, -0.2) is 4.79 Å². The van der Waals surface area contributed by atoms with Crippen molar-refractivity contribution in [3.8, 4) is 0 Å². The number of imide groups is 2. The quantitative estimate of drug-likeness (QED) is 0.783. The first-order valence-electron chi connectivity index (χ1n) is 6.48. The van der Waals surface area contributed by atoms with Crippen molar-refractivity contribution in [1.29, 1.82) is 0 Å². The number of carbonyl (C=O) groups excluding carboxylic acids is 3. The normalized spacial score (nSPS) is 19.4. The molecule has 0 spiro atoms. The Bertz CT molecular complexity index is 539. The number of hydrogen-bond acceptors (Lipinski definition) is 6. The molecule has 0 bridgehead atoms. The van der Waals surface area contributed by atoms with Crippen LogP contribution in [0, 0.1) is 12.8 Å². The maximum Gasteiger partial charge on any atom is 0.330 e. The molecule has 20 heavy (non-hydrogen) atoms. The summed E-state index contributed by atoms with van der Waals surface area (Å²) in [7, 11) is 0. The van der Waals surface area contributed by atoms with E-state index >= 15 is 0 Å². The zero-order valence-electron chi connectivity index (χ0n) is 11.4. The predicted octanol–water partition coefficient (Wildman–Crippen LogP) is 0.415. The van der Waals surface area contributed by atoms with Gasteiger partial charge >= 0.3 is 6.03 Å². The van der Waals surface area contributed by atoms with Crippen LogP contribution in [0.15, 0.2) is 4.52 Å². The summed E-state index contributed by atoms with van der Waals surface area (Å²) in [6.07, 6.45) is 1.38. The van der Waals surface area contributed by atoms with E-state index in [2.05, 4.69) is 15.5 Å². The minimum atomic E-state index is -0.790. The summed E-state index contributed by atoms with van der Waals surface area (Å²) in [5.74, 6) is -0.925. The number of nitrogens with zero attached hydrogens (tertiary/aromatic N) is 3. The van der Waals surface area contributed by atoms with Gasteiger partial charge in [0.05, 0.1) is 0 Å². The van der Waals surface area contributed by atoms with Gasteiger partial charge in [0.1, 0.15) is 5.92 Å². The van der Waals surface area contributed by atoms with Crippen molar-refractivity contribution < 1.29 is 18.9 Å².